The fourth-order valence-electron chi connectivity index (χ4n) is 0.276. The molecule has 0 aromatic heterocycles. The maximum atomic E-state index is 10.3. The lowest BCUT2D eigenvalue weighted by Crippen LogP contribution is -2.25. The minimum atomic E-state index is -0.247. The van der Waals surface area contributed by atoms with Gasteiger partial charge >= 0.3 is 5.97 Å². The molecule has 0 radical (unpaired) electrons. The van der Waals surface area contributed by atoms with Crippen LogP contribution < -0.4 is 11.3 Å². The molecule has 0 amide bonds. The summed E-state index contributed by atoms with van der Waals surface area (Å²) in [6, 6.07) is 0. The van der Waals surface area contributed by atoms with E-state index in [1.807, 2.05) is 0 Å². The highest BCUT2D eigenvalue weighted by molar-refractivity contribution is 5.69. The van der Waals surface area contributed by atoms with Gasteiger partial charge in [-0.15, -0.1) is 0 Å². The van der Waals surface area contributed by atoms with Crippen molar-refractivity contribution in [2.75, 3.05) is 13.7 Å². The molecular formula is C4H10N2O2. The van der Waals surface area contributed by atoms with Crippen LogP contribution in [0.15, 0.2) is 0 Å². The number of rotatable bonds is 3. The van der Waals surface area contributed by atoms with E-state index in [9.17, 15) is 4.79 Å². The number of nitrogens with two attached hydrogens (primary N) is 1. The summed E-state index contributed by atoms with van der Waals surface area (Å²) in [5.74, 6) is 4.63. The molecule has 0 bridgehead atoms. The maximum Gasteiger partial charge on any atom is 0.306 e. The predicted molar refractivity (Wildman–Crippen MR) is 28.8 cm³/mol. The minimum Gasteiger partial charge on any atom is -0.469 e. The topological polar surface area (TPSA) is 64.3 Å². The normalized spacial score (nSPS) is 8.75. The number of nitrogens with one attached hydrogen (secondary N) is 1. The predicted octanol–water partition coefficient (Wildman–Crippen LogP) is -0.987. The summed E-state index contributed by atoms with van der Waals surface area (Å²) in [4.78, 5) is 10.3. The summed E-state index contributed by atoms with van der Waals surface area (Å²) in [5, 5.41) is 0. The van der Waals surface area contributed by atoms with Crippen LogP contribution in [0.3, 0.4) is 0 Å². The quantitative estimate of drug-likeness (QED) is 0.284. The van der Waals surface area contributed by atoms with Crippen LogP contribution >= 0.6 is 0 Å². The molecule has 8 heavy (non-hydrogen) atoms. The van der Waals surface area contributed by atoms with Gasteiger partial charge in [0.25, 0.3) is 0 Å². The van der Waals surface area contributed by atoms with Gasteiger partial charge in [0.15, 0.2) is 0 Å². The van der Waals surface area contributed by atoms with E-state index in [1.165, 1.54) is 7.11 Å². The molecule has 0 aliphatic carbocycles. The highest BCUT2D eigenvalue weighted by Gasteiger charge is 1.95. The molecule has 0 aromatic carbocycles. The molecule has 4 heteroatoms. The van der Waals surface area contributed by atoms with Gasteiger partial charge in [-0.3, -0.25) is 16.1 Å². The van der Waals surface area contributed by atoms with Crippen molar-refractivity contribution in [3.8, 4) is 0 Å². The molecule has 0 atom stereocenters. The van der Waals surface area contributed by atoms with Gasteiger partial charge in [-0.05, 0) is 0 Å². The van der Waals surface area contributed by atoms with Gasteiger partial charge in [-0.25, -0.2) is 0 Å². The summed E-state index contributed by atoms with van der Waals surface area (Å²) in [6.07, 6.45) is 0.326. The molecule has 0 unspecified atom stereocenters. The number of esters is 1. The molecular weight excluding hydrogens is 108 g/mol. The molecule has 48 valence electrons. The Hall–Kier alpha value is -0.610. The summed E-state index contributed by atoms with van der Waals surface area (Å²) < 4.78 is 4.32. The van der Waals surface area contributed by atoms with Crippen LogP contribution in [0.1, 0.15) is 6.42 Å². The zero-order valence-corrected chi connectivity index (χ0v) is 4.81. The van der Waals surface area contributed by atoms with Crippen molar-refractivity contribution in [3.63, 3.8) is 0 Å². The first kappa shape index (κ1) is 7.39. The van der Waals surface area contributed by atoms with Crippen LogP contribution in [0.5, 0.6) is 0 Å². The van der Waals surface area contributed by atoms with Crippen molar-refractivity contribution in [1.82, 2.24) is 5.43 Å². The van der Waals surface area contributed by atoms with Crippen molar-refractivity contribution in [2.45, 2.75) is 6.42 Å². The SMILES string of the molecule is COC(=O)CCNN. The van der Waals surface area contributed by atoms with Gasteiger partial charge < -0.3 is 4.74 Å². The zero-order valence-electron chi connectivity index (χ0n) is 4.81. The van der Waals surface area contributed by atoms with Crippen LogP contribution in [0.25, 0.3) is 0 Å². The van der Waals surface area contributed by atoms with Crippen molar-refractivity contribution in [1.29, 1.82) is 0 Å². The van der Waals surface area contributed by atoms with Crippen LogP contribution in [0.4, 0.5) is 0 Å². The Labute approximate surface area is 48.0 Å². The van der Waals surface area contributed by atoms with Crippen molar-refractivity contribution < 1.29 is 9.53 Å². The molecule has 0 heterocycles. The third kappa shape index (κ3) is 3.58. The third-order valence-electron chi connectivity index (χ3n) is 0.701. The van der Waals surface area contributed by atoms with Crippen molar-refractivity contribution in [2.24, 2.45) is 5.84 Å². The van der Waals surface area contributed by atoms with Gasteiger partial charge in [-0.1, -0.05) is 0 Å². The standard InChI is InChI=1S/C4H10N2O2/c1-8-4(7)2-3-6-5/h6H,2-3,5H2,1H3. The molecule has 0 saturated carbocycles. The van der Waals surface area contributed by atoms with E-state index in [4.69, 9.17) is 5.84 Å². The molecule has 0 spiro atoms. The molecule has 4 nitrogen and oxygen atoms in total. The summed E-state index contributed by atoms with van der Waals surface area (Å²) >= 11 is 0. The fraction of sp³-hybridized carbons (Fsp3) is 0.750. The van der Waals surface area contributed by atoms with Crippen LogP contribution in [0.2, 0.25) is 0 Å². The van der Waals surface area contributed by atoms with E-state index in [0.717, 1.165) is 0 Å². The molecule has 0 aliphatic heterocycles. The fourth-order valence-corrected chi connectivity index (χ4v) is 0.276. The molecule has 0 aromatic rings. The van der Waals surface area contributed by atoms with Crippen molar-refractivity contribution in [3.05, 3.63) is 0 Å². The number of hydrogen-bond acceptors (Lipinski definition) is 4. The Kier molecular flexibility index (Phi) is 4.20. The van der Waals surface area contributed by atoms with Gasteiger partial charge in [0, 0.05) is 6.54 Å². The van der Waals surface area contributed by atoms with Gasteiger partial charge in [0.05, 0.1) is 13.5 Å². The molecule has 3 N–H and O–H groups in total. The summed E-state index contributed by atoms with van der Waals surface area (Å²) in [6.45, 7) is 0.465. The maximum absolute atomic E-state index is 10.3. The van der Waals surface area contributed by atoms with Gasteiger partial charge in [-0.2, -0.15) is 0 Å². The highest BCUT2D eigenvalue weighted by atomic mass is 16.5. The van der Waals surface area contributed by atoms with E-state index >= 15 is 0 Å². The van der Waals surface area contributed by atoms with E-state index in [2.05, 4.69) is 10.2 Å². The number of carbonyl (C=O) groups is 1. The Morgan fingerprint density at radius 2 is 2.50 bits per heavy atom. The Morgan fingerprint density at radius 1 is 1.88 bits per heavy atom. The highest BCUT2D eigenvalue weighted by Crippen LogP contribution is 1.77. The molecule has 0 saturated heterocycles. The summed E-state index contributed by atoms with van der Waals surface area (Å²) in [5.41, 5.74) is 2.33. The second kappa shape index (κ2) is 4.55. The average Bonchev–Trinajstić information content (AvgIpc) is 1.83. The van der Waals surface area contributed by atoms with E-state index in [1.54, 1.807) is 0 Å². The summed E-state index contributed by atoms with van der Waals surface area (Å²) in [7, 11) is 1.35. The zero-order chi connectivity index (χ0) is 6.41. The van der Waals surface area contributed by atoms with Gasteiger partial charge in [0.2, 0.25) is 0 Å². The number of carbonyl (C=O) groups excluding carboxylic acids is 1. The Bertz CT molecular complexity index is 74.4. The lowest BCUT2D eigenvalue weighted by atomic mass is 10.4. The minimum absolute atomic E-state index is 0.247. The molecule has 0 aliphatic rings. The van der Waals surface area contributed by atoms with E-state index < -0.39 is 0 Å². The van der Waals surface area contributed by atoms with Crippen LogP contribution in [0, 0.1) is 0 Å². The lowest BCUT2D eigenvalue weighted by molar-refractivity contribution is -0.140. The number of hydrazine groups is 1. The monoisotopic (exact) mass is 118 g/mol. The third-order valence-corrected chi connectivity index (χ3v) is 0.701. The Morgan fingerprint density at radius 3 is 2.88 bits per heavy atom. The smallest absolute Gasteiger partial charge is 0.306 e. The second-order valence-corrected chi connectivity index (χ2v) is 1.28. The number of hydrogen-bond donors (Lipinski definition) is 2. The average molecular weight is 118 g/mol. The first-order chi connectivity index (χ1) is 3.81. The first-order valence-corrected chi connectivity index (χ1v) is 2.31. The molecule has 0 fully saturated rings. The van der Waals surface area contributed by atoms with Gasteiger partial charge in [0.1, 0.15) is 0 Å². The van der Waals surface area contributed by atoms with Crippen LogP contribution in [-0.4, -0.2) is 19.6 Å². The molecule has 0 rings (SSSR count). The Balaban J connectivity index is 2.99. The first-order valence-electron chi connectivity index (χ1n) is 2.31. The number of methoxy groups -OCH3 is 1. The van der Waals surface area contributed by atoms with Crippen LogP contribution in [-0.2, 0) is 9.53 Å². The van der Waals surface area contributed by atoms with Crippen molar-refractivity contribution >= 4 is 5.97 Å². The number of ether oxygens (including phenoxy) is 1. The lowest BCUT2D eigenvalue weighted by Gasteiger charge is -1.95. The second-order valence-electron chi connectivity index (χ2n) is 1.28. The largest absolute Gasteiger partial charge is 0.469 e. The van der Waals surface area contributed by atoms with E-state index in [0.29, 0.717) is 13.0 Å². The van der Waals surface area contributed by atoms with E-state index in [-0.39, 0.29) is 5.97 Å².